The monoisotopic (exact) mass is 462 g/mol. The molecule has 2 aromatic carbocycles. The van der Waals surface area contributed by atoms with Crippen molar-refractivity contribution in [3.05, 3.63) is 76.3 Å². The van der Waals surface area contributed by atoms with E-state index >= 15 is 0 Å². The number of hydrogen-bond donors (Lipinski definition) is 2. The van der Waals surface area contributed by atoms with Gasteiger partial charge in [-0.05, 0) is 83.3 Å². The van der Waals surface area contributed by atoms with Gasteiger partial charge in [-0.15, -0.1) is 0 Å². The lowest BCUT2D eigenvalue weighted by Crippen LogP contribution is -2.20. The molecule has 132 valence electrons. The summed E-state index contributed by atoms with van der Waals surface area (Å²) in [4.78, 5) is 23.8. The number of benzene rings is 2. The van der Waals surface area contributed by atoms with E-state index in [1.807, 2.05) is 24.3 Å². The Kier molecular flexibility index (Phi) is 5.90. The van der Waals surface area contributed by atoms with Crippen LogP contribution in [0.4, 0.5) is 11.4 Å². The lowest BCUT2D eigenvalue weighted by atomic mass is 10.3. The van der Waals surface area contributed by atoms with Crippen LogP contribution in [0.2, 0.25) is 0 Å². The molecular formula is C19H15IN2O4. The summed E-state index contributed by atoms with van der Waals surface area (Å²) >= 11 is 2.20. The molecule has 0 radical (unpaired) electrons. The standard InChI is InChI=1S/C19H15IN2O4/c20-13-3-5-14(6-4-13)21-18(23)12-26-16-9-7-15(8-10-16)22-19(24)17-2-1-11-25-17/h1-11H,12H2,(H,21,23)(H,22,24). The molecule has 2 N–H and O–H groups in total. The van der Waals surface area contributed by atoms with Crippen molar-refractivity contribution in [2.24, 2.45) is 0 Å². The molecule has 0 unspecified atom stereocenters. The fourth-order valence-electron chi connectivity index (χ4n) is 2.11. The van der Waals surface area contributed by atoms with Crippen molar-refractivity contribution in [1.82, 2.24) is 0 Å². The average Bonchev–Trinajstić information content (AvgIpc) is 3.18. The third-order valence-electron chi connectivity index (χ3n) is 3.36. The summed E-state index contributed by atoms with van der Waals surface area (Å²) in [5.74, 6) is 0.179. The minimum Gasteiger partial charge on any atom is -0.484 e. The van der Waals surface area contributed by atoms with Crippen LogP contribution in [0, 0.1) is 3.57 Å². The predicted molar refractivity (Wildman–Crippen MR) is 106 cm³/mol. The third-order valence-corrected chi connectivity index (χ3v) is 4.07. The number of nitrogens with one attached hydrogen (secondary N) is 2. The van der Waals surface area contributed by atoms with Crippen molar-refractivity contribution in [2.45, 2.75) is 0 Å². The Labute approximate surface area is 163 Å². The summed E-state index contributed by atoms with van der Waals surface area (Å²) in [6.07, 6.45) is 1.44. The zero-order chi connectivity index (χ0) is 18.4. The molecule has 6 nitrogen and oxygen atoms in total. The molecule has 7 heteroatoms. The minimum absolute atomic E-state index is 0.107. The van der Waals surface area contributed by atoms with Gasteiger partial charge in [0, 0.05) is 14.9 Å². The first-order valence-electron chi connectivity index (χ1n) is 7.73. The highest BCUT2D eigenvalue weighted by atomic mass is 127. The summed E-state index contributed by atoms with van der Waals surface area (Å²) in [7, 11) is 0. The van der Waals surface area contributed by atoms with Gasteiger partial charge in [0.1, 0.15) is 5.75 Å². The number of anilines is 2. The smallest absolute Gasteiger partial charge is 0.291 e. The molecule has 0 aliphatic rings. The Hall–Kier alpha value is -2.81. The van der Waals surface area contributed by atoms with E-state index in [4.69, 9.17) is 9.15 Å². The van der Waals surface area contributed by atoms with Crippen molar-refractivity contribution in [1.29, 1.82) is 0 Å². The molecule has 1 heterocycles. The second kappa shape index (κ2) is 8.52. The average molecular weight is 462 g/mol. The molecule has 0 aliphatic heterocycles. The molecule has 2 amide bonds. The van der Waals surface area contributed by atoms with Crippen molar-refractivity contribution in [3.63, 3.8) is 0 Å². The van der Waals surface area contributed by atoms with Gasteiger partial charge in [-0.25, -0.2) is 0 Å². The first kappa shape index (κ1) is 18.0. The molecule has 0 spiro atoms. The maximum atomic E-state index is 11.9. The SMILES string of the molecule is O=C(COc1ccc(NC(=O)c2ccco2)cc1)Nc1ccc(I)cc1. The highest BCUT2D eigenvalue weighted by Gasteiger charge is 2.09. The van der Waals surface area contributed by atoms with Gasteiger partial charge in [0.15, 0.2) is 12.4 Å². The molecule has 0 bridgehead atoms. The van der Waals surface area contributed by atoms with Crippen LogP contribution < -0.4 is 15.4 Å². The van der Waals surface area contributed by atoms with E-state index in [1.165, 1.54) is 6.26 Å². The van der Waals surface area contributed by atoms with Gasteiger partial charge in [0.2, 0.25) is 0 Å². The maximum Gasteiger partial charge on any atom is 0.291 e. The molecule has 0 atom stereocenters. The van der Waals surface area contributed by atoms with Crippen LogP contribution in [0.1, 0.15) is 10.6 Å². The van der Waals surface area contributed by atoms with Crippen molar-refractivity contribution in [3.8, 4) is 5.75 Å². The quantitative estimate of drug-likeness (QED) is 0.540. The summed E-state index contributed by atoms with van der Waals surface area (Å²) in [6, 6.07) is 17.4. The number of amides is 2. The van der Waals surface area contributed by atoms with E-state index in [1.54, 1.807) is 36.4 Å². The topological polar surface area (TPSA) is 80.6 Å². The van der Waals surface area contributed by atoms with Gasteiger partial charge in [-0.2, -0.15) is 0 Å². The highest BCUT2D eigenvalue weighted by Crippen LogP contribution is 2.17. The lowest BCUT2D eigenvalue weighted by Gasteiger charge is -2.09. The van der Waals surface area contributed by atoms with Crippen molar-refractivity contribution in [2.75, 3.05) is 17.2 Å². The molecular weight excluding hydrogens is 447 g/mol. The Morgan fingerprint density at radius 2 is 1.58 bits per heavy atom. The fraction of sp³-hybridized carbons (Fsp3) is 0.0526. The number of hydrogen-bond acceptors (Lipinski definition) is 4. The predicted octanol–water partition coefficient (Wildman–Crippen LogP) is 4.15. The van der Waals surface area contributed by atoms with E-state index in [-0.39, 0.29) is 24.2 Å². The molecule has 0 saturated heterocycles. The summed E-state index contributed by atoms with van der Waals surface area (Å²) in [6.45, 7) is -0.107. The van der Waals surface area contributed by atoms with Gasteiger partial charge < -0.3 is 19.8 Å². The Morgan fingerprint density at radius 3 is 2.23 bits per heavy atom. The van der Waals surface area contributed by atoms with Crippen LogP contribution in [0.3, 0.4) is 0 Å². The minimum atomic E-state index is -0.333. The van der Waals surface area contributed by atoms with Crippen LogP contribution in [0.25, 0.3) is 0 Å². The van der Waals surface area contributed by atoms with E-state index in [2.05, 4.69) is 33.2 Å². The number of furan rings is 1. The van der Waals surface area contributed by atoms with Crippen LogP contribution >= 0.6 is 22.6 Å². The summed E-state index contributed by atoms with van der Waals surface area (Å²) < 4.78 is 11.6. The Balaban J connectivity index is 1.48. The largest absolute Gasteiger partial charge is 0.484 e. The van der Waals surface area contributed by atoms with Gasteiger partial charge in [0.05, 0.1) is 6.26 Å². The molecule has 0 saturated carbocycles. The molecule has 3 rings (SSSR count). The van der Waals surface area contributed by atoms with Crippen molar-refractivity contribution >= 4 is 45.8 Å². The Morgan fingerprint density at radius 1 is 0.923 bits per heavy atom. The van der Waals surface area contributed by atoms with E-state index in [0.29, 0.717) is 11.4 Å². The second-order valence-corrected chi connectivity index (χ2v) is 6.55. The van der Waals surface area contributed by atoms with Crippen molar-refractivity contribution < 1.29 is 18.7 Å². The molecule has 26 heavy (non-hydrogen) atoms. The van der Waals surface area contributed by atoms with E-state index < -0.39 is 0 Å². The molecule has 0 aliphatic carbocycles. The molecule has 0 fully saturated rings. The highest BCUT2D eigenvalue weighted by molar-refractivity contribution is 14.1. The van der Waals surface area contributed by atoms with Crippen LogP contribution in [0.15, 0.2) is 71.3 Å². The maximum absolute atomic E-state index is 11.9. The first-order chi connectivity index (χ1) is 12.6. The Bertz CT molecular complexity index is 875. The number of carbonyl (C=O) groups is 2. The van der Waals surface area contributed by atoms with Gasteiger partial charge in [0.25, 0.3) is 11.8 Å². The van der Waals surface area contributed by atoms with Crippen LogP contribution in [0.5, 0.6) is 5.75 Å². The van der Waals surface area contributed by atoms with E-state index in [9.17, 15) is 9.59 Å². The summed E-state index contributed by atoms with van der Waals surface area (Å²) in [5, 5.41) is 5.46. The first-order valence-corrected chi connectivity index (χ1v) is 8.81. The van der Waals surface area contributed by atoms with E-state index in [0.717, 1.165) is 9.26 Å². The van der Waals surface area contributed by atoms with Gasteiger partial charge >= 0.3 is 0 Å². The van der Waals surface area contributed by atoms with Gasteiger partial charge in [-0.3, -0.25) is 9.59 Å². The molecule has 1 aromatic heterocycles. The fourth-order valence-corrected chi connectivity index (χ4v) is 2.47. The number of halogens is 1. The third kappa shape index (κ3) is 5.09. The number of rotatable bonds is 6. The number of carbonyl (C=O) groups excluding carboxylic acids is 2. The summed E-state index contributed by atoms with van der Waals surface area (Å²) in [5.41, 5.74) is 1.32. The normalized spacial score (nSPS) is 10.2. The van der Waals surface area contributed by atoms with Crippen LogP contribution in [-0.2, 0) is 4.79 Å². The zero-order valence-corrected chi connectivity index (χ0v) is 15.7. The molecule has 3 aromatic rings. The zero-order valence-electron chi connectivity index (χ0n) is 13.6. The lowest BCUT2D eigenvalue weighted by molar-refractivity contribution is -0.118. The van der Waals surface area contributed by atoms with Gasteiger partial charge in [-0.1, -0.05) is 0 Å². The number of ether oxygens (including phenoxy) is 1. The van der Waals surface area contributed by atoms with Crippen LogP contribution in [-0.4, -0.2) is 18.4 Å². The second-order valence-electron chi connectivity index (χ2n) is 5.30.